The van der Waals surface area contributed by atoms with E-state index in [-0.39, 0.29) is 17.3 Å². The first-order chi connectivity index (χ1) is 15.7. The minimum atomic E-state index is -3.62. The summed E-state index contributed by atoms with van der Waals surface area (Å²) in [5.74, 6) is -0.965. The Morgan fingerprint density at radius 2 is 1.74 bits per heavy atom. The lowest BCUT2D eigenvalue weighted by molar-refractivity contribution is 0.1000. The number of thiophene rings is 1. The van der Waals surface area contributed by atoms with Crippen LogP contribution in [0.1, 0.15) is 64.8 Å². The van der Waals surface area contributed by atoms with Crippen molar-refractivity contribution in [2.75, 3.05) is 31.5 Å². The van der Waals surface area contributed by atoms with Gasteiger partial charge in [-0.25, -0.2) is 8.42 Å². The molecule has 0 spiro atoms. The number of hydrogen-bond acceptors (Lipinski definition) is 6. The summed E-state index contributed by atoms with van der Waals surface area (Å²) in [7, 11) is -3.62. The molecular weight excluding hydrogens is 496 g/mol. The van der Waals surface area contributed by atoms with Crippen LogP contribution in [0.3, 0.4) is 0 Å². The van der Waals surface area contributed by atoms with Crippen LogP contribution in [0.25, 0.3) is 0 Å². The van der Waals surface area contributed by atoms with Gasteiger partial charge >= 0.3 is 0 Å². The second kappa shape index (κ2) is 12.1. The summed E-state index contributed by atoms with van der Waals surface area (Å²) in [6.07, 6.45) is 2.16. The zero-order valence-electron chi connectivity index (χ0n) is 19.8. The molecule has 2 aromatic rings. The molecule has 1 aliphatic heterocycles. The van der Waals surface area contributed by atoms with Crippen molar-refractivity contribution in [1.29, 1.82) is 0 Å². The van der Waals surface area contributed by atoms with Crippen LogP contribution in [0.15, 0.2) is 29.2 Å². The number of hydrogen-bond donors (Lipinski definition) is 2. The molecule has 3 N–H and O–H groups in total. The Morgan fingerprint density at radius 3 is 2.26 bits per heavy atom. The summed E-state index contributed by atoms with van der Waals surface area (Å²) in [6, 6.07) is 5.90. The molecule has 0 aliphatic carbocycles. The van der Waals surface area contributed by atoms with Crippen LogP contribution in [-0.4, -0.2) is 55.6 Å². The second-order valence-electron chi connectivity index (χ2n) is 8.07. The number of nitrogens with zero attached hydrogens (tertiary/aromatic N) is 2. The third-order valence-electron chi connectivity index (χ3n) is 5.76. The largest absolute Gasteiger partial charge is 0.365 e. The first-order valence-corrected chi connectivity index (χ1v) is 13.6. The Balaban J connectivity index is 0.00000408. The summed E-state index contributed by atoms with van der Waals surface area (Å²) < 4.78 is 27.3. The van der Waals surface area contributed by atoms with Gasteiger partial charge in [-0.3, -0.25) is 14.5 Å². The molecule has 0 bridgehead atoms. The number of nitrogens with two attached hydrogens (primary N) is 1. The molecule has 0 saturated carbocycles. The van der Waals surface area contributed by atoms with E-state index in [0.29, 0.717) is 35.6 Å². The van der Waals surface area contributed by atoms with Crippen LogP contribution in [0, 0.1) is 0 Å². The zero-order valence-corrected chi connectivity index (χ0v) is 22.2. The van der Waals surface area contributed by atoms with Crippen molar-refractivity contribution in [2.24, 2.45) is 5.73 Å². The number of carbonyl (C=O) groups excluding carboxylic acids is 2. The molecule has 34 heavy (non-hydrogen) atoms. The lowest BCUT2D eigenvalue weighted by Crippen LogP contribution is -2.32. The Morgan fingerprint density at radius 1 is 1.12 bits per heavy atom. The predicted octanol–water partition coefficient (Wildman–Crippen LogP) is 3.71. The Hall–Kier alpha value is -1.98. The van der Waals surface area contributed by atoms with Gasteiger partial charge in [0.15, 0.2) is 0 Å². The molecule has 11 heteroatoms. The Bertz CT molecular complexity index is 1110. The predicted molar refractivity (Wildman–Crippen MR) is 138 cm³/mol. The molecule has 188 valence electrons. The van der Waals surface area contributed by atoms with Crippen LogP contribution in [-0.2, 0) is 23.0 Å². The lowest BCUT2D eigenvalue weighted by Gasteiger charge is -2.25. The summed E-state index contributed by atoms with van der Waals surface area (Å²) in [5.41, 5.74) is 7.25. The number of fused-ring (bicyclic) bond motifs is 1. The molecular formula is C23H33ClN4O4S2. The van der Waals surface area contributed by atoms with Crippen LogP contribution in [0.4, 0.5) is 5.00 Å². The van der Waals surface area contributed by atoms with Crippen molar-refractivity contribution in [1.82, 2.24) is 9.21 Å². The molecule has 0 atom stereocenters. The van der Waals surface area contributed by atoms with E-state index in [9.17, 15) is 18.0 Å². The highest BCUT2D eigenvalue weighted by Crippen LogP contribution is 2.37. The van der Waals surface area contributed by atoms with Crippen molar-refractivity contribution in [2.45, 2.75) is 51.5 Å². The number of anilines is 1. The molecule has 2 amide bonds. The van der Waals surface area contributed by atoms with E-state index >= 15 is 0 Å². The van der Waals surface area contributed by atoms with Crippen LogP contribution >= 0.6 is 23.7 Å². The SMILES string of the molecule is CCCN(CCC)S(=O)(=O)c1ccc(C(=O)Nc2sc3c(c2C(N)=O)CCN(CC)C3)cc1.Cl. The third-order valence-corrected chi connectivity index (χ3v) is 8.80. The van der Waals surface area contributed by atoms with Crippen molar-refractivity contribution in [3.63, 3.8) is 0 Å². The van der Waals surface area contributed by atoms with Gasteiger partial charge in [0, 0.05) is 36.6 Å². The van der Waals surface area contributed by atoms with Gasteiger partial charge in [-0.2, -0.15) is 4.31 Å². The zero-order chi connectivity index (χ0) is 24.2. The highest BCUT2D eigenvalue weighted by molar-refractivity contribution is 7.89. The molecule has 0 fully saturated rings. The van der Waals surface area contributed by atoms with Gasteiger partial charge in [-0.15, -0.1) is 23.7 Å². The number of benzene rings is 1. The van der Waals surface area contributed by atoms with Gasteiger partial charge in [0.1, 0.15) is 5.00 Å². The fourth-order valence-electron chi connectivity index (χ4n) is 4.03. The van der Waals surface area contributed by atoms with Crippen molar-refractivity contribution in [3.05, 3.63) is 45.8 Å². The average Bonchev–Trinajstić information content (AvgIpc) is 3.16. The Labute approximate surface area is 212 Å². The fraction of sp³-hybridized carbons (Fsp3) is 0.478. The molecule has 8 nitrogen and oxygen atoms in total. The van der Waals surface area contributed by atoms with E-state index in [1.807, 2.05) is 13.8 Å². The molecule has 1 aliphatic rings. The van der Waals surface area contributed by atoms with Crippen LogP contribution < -0.4 is 11.1 Å². The van der Waals surface area contributed by atoms with Crippen LogP contribution in [0.5, 0.6) is 0 Å². The van der Waals surface area contributed by atoms with Crippen LogP contribution in [0.2, 0.25) is 0 Å². The number of rotatable bonds is 10. The summed E-state index contributed by atoms with van der Waals surface area (Å²) >= 11 is 1.38. The number of amides is 2. The summed E-state index contributed by atoms with van der Waals surface area (Å²) in [6.45, 7) is 9.35. The lowest BCUT2D eigenvalue weighted by atomic mass is 10.0. The molecule has 0 saturated heterocycles. The topological polar surface area (TPSA) is 113 Å². The number of primary amides is 1. The van der Waals surface area contributed by atoms with Gasteiger partial charge < -0.3 is 11.1 Å². The molecule has 0 radical (unpaired) electrons. The number of nitrogens with one attached hydrogen (secondary N) is 1. The monoisotopic (exact) mass is 528 g/mol. The van der Waals surface area contributed by atoms with E-state index in [1.165, 1.54) is 39.9 Å². The molecule has 2 heterocycles. The smallest absolute Gasteiger partial charge is 0.256 e. The van der Waals surface area contributed by atoms with E-state index in [1.54, 1.807) is 0 Å². The third kappa shape index (κ3) is 5.98. The van der Waals surface area contributed by atoms with Gasteiger partial charge in [0.05, 0.1) is 10.5 Å². The fourth-order valence-corrected chi connectivity index (χ4v) is 6.94. The highest BCUT2D eigenvalue weighted by Gasteiger charge is 2.28. The second-order valence-corrected chi connectivity index (χ2v) is 11.1. The summed E-state index contributed by atoms with van der Waals surface area (Å²) in [5, 5.41) is 3.27. The number of carbonyl (C=O) groups is 2. The minimum Gasteiger partial charge on any atom is -0.365 e. The molecule has 3 rings (SSSR count). The van der Waals surface area contributed by atoms with Gasteiger partial charge in [0.2, 0.25) is 10.0 Å². The molecule has 1 aromatic heterocycles. The maximum absolute atomic E-state index is 12.9. The van der Waals surface area contributed by atoms with E-state index < -0.39 is 21.8 Å². The number of sulfonamides is 1. The van der Waals surface area contributed by atoms with Gasteiger partial charge in [0.25, 0.3) is 11.8 Å². The summed E-state index contributed by atoms with van der Waals surface area (Å²) in [4.78, 5) is 28.5. The minimum absolute atomic E-state index is 0. The first-order valence-electron chi connectivity index (χ1n) is 11.3. The van der Waals surface area contributed by atoms with Crippen molar-refractivity contribution >= 4 is 50.6 Å². The van der Waals surface area contributed by atoms with Crippen molar-refractivity contribution < 1.29 is 18.0 Å². The highest BCUT2D eigenvalue weighted by atomic mass is 35.5. The first kappa shape index (κ1) is 28.3. The normalized spacial score (nSPS) is 13.9. The maximum atomic E-state index is 12.9. The number of halogens is 1. The quantitative estimate of drug-likeness (QED) is 0.488. The number of likely N-dealkylation sites (N-methyl/N-ethyl adjacent to an activating group) is 1. The van der Waals surface area contributed by atoms with E-state index in [4.69, 9.17) is 5.73 Å². The van der Waals surface area contributed by atoms with Crippen molar-refractivity contribution in [3.8, 4) is 0 Å². The van der Waals surface area contributed by atoms with E-state index in [0.717, 1.165) is 42.9 Å². The van der Waals surface area contributed by atoms with Gasteiger partial charge in [-0.05, 0) is 55.6 Å². The Kier molecular flexibility index (Phi) is 10.1. The maximum Gasteiger partial charge on any atom is 0.256 e. The van der Waals surface area contributed by atoms with Gasteiger partial charge in [-0.1, -0.05) is 20.8 Å². The molecule has 1 aromatic carbocycles. The van der Waals surface area contributed by atoms with E-state index in [2.05, 4.69) is 17.1 Å². The average molecular weight is 529 g/mol. The standard InChI is InChI=1S/C23H32N4O4S2.ClH/c1-4-12-27(13-5-2)33(30,31)17-9-7-16(8-10-17)22(29)25-23-20(21(24)28)18-11-14-26(6-3)15-19(18)32-23;/h7-10H,4-6,11-15H2,1-3H3,(H2,24,28)(H,25,29);1H. The molecule has 0 unspecified atom stereocenters.